The minimum atomic E-state index is 0.399. The Morgan fingerprint density at radius 1 is 0.654 bits per heavy atom. The van der Waals surface area contributed by atoms with E-state index in [0.717, 1.165) is 6.42 Å². The minimum absolute atomic E-state index is 0.399. The third-order valence-electron chi connectivity index (χ3n) is 4.90. The molecule has 0 N–H and O–H groups in total. The van der Waals surface area contributed by atoms with Crippen LogP contribution in [0.25, 0.3) is 11.6 Å². The number of fused-ring (bicyclic) bond motifs is 1. The average Bonchev–Trinajstić information content (AvgIpc) is 2.61. The van der Waals surface area contributed by atoms with Gasteiger partial charge in [-0.1, -0.05) is 115 Å². The summed E-state index contributed by atoms with van der Waals surface area (Å²) in [5, 5.41) is 0. The second-order valence-electron chi connectivity index (χ2n) is 6.55. The zero-order chi connectivity index (χ0) is 17.6. The molecular weight excluding hydrogens is 312 g/mol. The molecule has 126 valence electrons. The number of hydrogen-bond donors (Lipinski definition) is 0. The lowest BCUT2D eigenvalue weighted by Crippen LogP contribution is -2.08. The van der Waals surface area contributed by atoms with E-state index in [2.05, 4.69) is 115 Å². The van der Waals surface area contributed by atoms with Crippen molar-refractivity contribution in [2.24, 2.45) is 0 Å². The number of benzene rings is 1. The molecule has 26 heavy (non-hydrogen) atoms. The average molecular weight is 334 g/mol. The highest BCUT2D eigenvalue weighted by molar-refractivity contribution is 5.83. The van der Waals surface area contributed by atoms with Crippen molar-refractivity contribution >= 4 is 11.6 Å². The summed E-state index contributed by atoms with van der Waals surface area (Å²) in [6, 6.07) is 6.70. The fourth-order valence-electron chi connectivity index (χ4n) is 3.65. The van der Waals surface area contributed by atoms with Crippen LogP contribution in [0.3, 0.4) is 0 Å². The van der Waals surface area contributed by atoms with Crippen LogP contribution in [0.15, 0.2) is 115 Å². The fraction of sp³-hybridized carbons (Fsp3) is 0.0769. The molecule has 0 nitrogen and oxygen atoms in total. The summed E-state index contributed by atoms with van der Waals surface area (Å²) in [7, 11) is 0. The Kier molecular flexibility index (Phi) is 4.93. The van der Waals surface area contributed by atoms with Crippen LogP contribution in [0.1, 0.15) is 29.0 Å². The van der Waals surface area contributed by atoms with Crippen molar-refractivity contribution in [3.63, 3.8) is 0 Å². The van der Waals surface area contributed by atoms with Crippen molar-refractivity contribution in [1.82, 2.24) is 0 Å². The van der Waals surface area contributed by atoms with Gasteiger partial charge in [0.15, 0.2) is 0 Å². The number of allylic oxidation sites excluding steroid dienone is 17. The summed E-state index contributed by atoms with van der Waals surface area (Å²) < 4.78 is 0. The summed E-state index contributed by atoms with van der Waals surface area (Å²) >= 11 is 0. The van der Waals surface area contributed by atoms with E-state index in [9.17, 15) is 0 Å². The van der Waals surface area contributed by atoms with Crippen molar-refractivity contribution in [3.8, 4) is 0 Å². The molecule has 0 saturated carbocycles. The quantitative estimate of drug-likeness (QED) is 0.554. The van der Waals surface area contributed by atoms with Crippen LogP contribution >= 0.6 is 0 Å². The number of rotatable bonds is 2. The normalized spacial score (nSPS) is 20.7. The first-order valence-electron chi connectivity index (χ1n) is 9.16. The second-order valence-corrected chi connectivity index (χ2v) is 6.55. The van der Waals surface area contributed by atoms with Gasteiger partial charge in [-0.3, -0.25) is 0 Å². The molecule has 0 spiro atoms. The highest BCUT2D eigenvalue weighted by atomic mass is 14.2. The molecule has 0 bridgehead atoms. The van der Waals surface area contributed by atoms with Gasteiger partial charge in [-0.25, -0.2) is 0 Å². The molecule has 3 aliphatic carbocycles. The van der Waals surface area contributed by atoms with Crippen molar-refractivity contribution in [3.05, 3.63) is 132 Å². The highest BCUT2D eigenvalue weighted by Gasteiger charge is 2.21. The molecule has 0 saturated heterocycles. The lowest BCUT2D eigenvalue weighted by atomic mass is 9.79. The molecule has 1 unspecified atom stereocenters. The van der Waals surface area contributed by atoms with Crippen LogP contribution in [0.4, 0.5) is 0 Å². The van der Waals surface area contributed by atoms with E-state index in [1.54, 1.807) is 0 Å². The van der Waals surface area contributed by atoms with Gasteiger partial charge in [-0.15, -0.1) is 0 Å². The Bertz CT molecular complexity index is 950. The molecule has 0 heteroatoms. The Hall–Kier alpha value is -3.12. The molecule has 4 rings (SSSR count). The van der Waals surface area contributed by atoms with Crippen molar-refractivity contribution < 1.29 is 0 Å². The SMILES string of the molecule is C1=CC=CC(c2cccc3c2C=CCC3C2=CC=CC=CC=C2)=CC=C1. The predicted molar refractivity (Wildman–Crippen MR) is 114 cm³/mol. The fourth-order valence-corrected chi connectivity index (χ4v) is 3.65. The maximum absolute atomic E-state index is 2.31. The molecule has 1 aromatic carbocycles. The molecule has 0 aliphatic heterocycles. The zero-order valence-electron chi connectivity index (χ0n) is 14.8. The summed E-state index contributed by atoms with van der Waals surface area (Å²) in [5.41, 5.74) is 6.66. The summed E-state index contributed by atoms with van der Waals surface area (Å²) in [4.78, 5) is 0. The van der Waals surface area contributed by atoms with E-state index in [1.807, 2.05) is 0 Å². The van der Waals surface area contributed by atoms with Crippen molar-refractivity contribution in [2.75, 3.05) is 0 Å². The Morgan fingerprint density at radius 2 is 1.38 bits per heavy atom. The first kappa shape index (κ1) is 16.4. The zero-order valence-corrected chi connectivity index (χ0v) is 14.8. The van der Waals surface area contributed by atoms with Gasteiger partial charge >= 0.3 is 0 Å². The van der Waals surface area contributed by atoms with Gasteiger partial charge in [-0.05, 0) is 34.3 Å². The molecule has 0 aromatic heterocycles. The van der Waals surface area contributed by atoms with Crippen LogP contribution in [0, 0.1) is 0 Å². The lowest BCUT2D eigenvalue weighted by molar-refractivity contribution is 0.817. The maximum atomic E-state index is 2.31. The monoisotopic (exact) mass is 334 g/mol. The maximum Gasteiger partial charge on any atom is 0.0130 e. The van der Waals surface area contributed by atoms with E-state index in [-0.39, 0.29) is 0 Å². The van der Waals surface area contributed by atoms with Crippen LogP contribution in [-0.4, -0.2) is 0 Å². The van der Waals surface area contributed by atoms with Gasteiger partial charge in [-0.2, -0.15) is 0 Å². The second kappa shape index (κ2) is 7.84. The Morgan fingerprint density at radius 3 is 2.27 bits per heavy atom. The number of hydrogen-bond acceptors (Lipinski definition) is 0. The molecule has 0 fully saturated rings. The third-order valence-corrected chi connectivity index (χ3v) is 4.90. The first-order chi connectivity index (χ1) is 12.9. The smallest absolute Gasteiger partial charge is 0.0130 e. The van der Waals surface area contributed by atoms with Gasteiger partial charge in [0.1, 0.15) is 0 Å². The molecule has 0 radical (unpaired) electrons. The first-order valence-corrected chi connectivity index (χ1v) is 9.16. The lowest BCUT2D eigenvalue weighted by Gasteiger charge is -2.25. The molecule has 0 heterocycles. The van der Waals surface area contributed by atoms with Crippen molar-refractivity contribution in [1.29, 1.82) is 0 Å². The van der Waals surface area contributed by atoms with E-state index in [4.69, 9.17) is 0 Å². The summed E-state index contributed by atoms with van der Waals surface area (Å²) in [5.74, 6) is 0.399. The van der Waals surface area contributed by atoms with E-state index in [0.29, 0.717) is 5.92 Å². The summed E-state index contributed by atoms with van der Waals surface area (Å²) in [6.07, 6.45) is 35.4. The van der Waals surface area contributed by atoms with Gasteiger partial charge in [0.2, 0.25) is 0 Å². The van der Waals surface area contributed by atoms with Gasteiger partial charge in [0.25, 0.3) is 0 Å². The topological polar surface area (TPSA) is 0 Å². The standard InChI is InChI=1S/C26H22/c1-3-7-13-21(14-8-4-1)23-17-11-20-26-24(18-12-19-25(23)26)22-15-9-5-2-6-10-16-22/h1-17,19-20,24H,18H2. The molecule has 1 aromatic rings. The van der Waals surface area contributed by atoms with Crippen LogP contribution in [0.5, 0.6) is 0 Å². The van der Waals surface area contributed by atoms with Gasteiger partial charge < -0.3 is 0 Å². The molecule has 3 aliphatic rings. The van der Waals surface area contributed by atoms with Gasteiger partial charge in [0.05, 0.1) is 0 Å². The molecule has 1 atom stereocenters. The largest absolute Gasteiger partial charge is 0.0830 e. The highest BCUT2D eigenvalue weighted by Crippen LogP contribution is 2.39. The Balaban J connectivity index is 1.78. The van der Waals surface area contributed by atoms with Crippen LogP contribution in [0.2, 0.25) is 0 Å². The predicted octanol–water partition coefficient (Wildman–Crippen LogP) is 6.86. The van der Waals surface area contributed by atoms with Crippen molar-refractivity contribution in [2.45, 2.75) is 12.3 Å². The third kappa shape index (κ3) is 3.45. The summed E-state index contributed by atoms with van der Waals surface area (Å²) in [6.45, 7) is 0. The van der Waals surface area contributed by atoms with E-state index >= 15 is 0 Å². The van der Waals surface area contributed by atoms with E-state index in [1.165, 1.54) is 27.8 Å². The van der Waals surface area contributed by atoms with Gasteiger partial charge in [0, 0.05) is 5.92 Å². The minimum Gasteiger partial charge on any atom is -0.0830 e. The van der Waals surface area contributed by atoms with Crippen LogP contribution in [-0.2, 0) is 0 Å². The van der Waals surface area contributed by atoms with Crippen LogP contribution < -0.4 is 0 Å². The molecule has 0 amide bonds. The van der Waals surface area contributed by atoms with E-state index < -0.39 is 0 Å². The molecular formula is C26H22. The Labute approximate surface area is 156 Å².